The average molecular weight is 316 g/mol. The van der Waals surface area contributed by atoms with Crippen LogP contribution in [0, 0.1) is 0 Å². The standard InChI is InChI=1S/C13H18BrNOS/c14-11-3-5-12(6-4-11)15-7-9-17-10-13-2-1-8-16-13/h3-6,13,15H,1-2,7-10H2. The van der Waals surface area contributed by atoms with Crippen molar-refractivity contribution in [2.24, 2.45) is 0 Å². The van der Waals surface area contributed by atoms with Gasteiger partial charge in [-0.05, 0) is 37.1 Å². The lowest BCUT2D eigenvalue weighted by molar-refractivity contribution is 0.129. The first-order valence-electron chi connectivity index (χ1n) is 6.03. The molecule has 0 amide bonds. The smallest absolute Gasteiger partial charge is 0.0666 e. The van der Waals surface area contributed by atoms with E-state index in [1.54, 1.807) is 0 Å². The molecule has 0 aliphatic carbocycles. The van der Waals surface area contributed by atoms with Crippen LogP contribution in [0.3, 0.4) is 0 Å². The minimum atomic E-state index is 0.507. The van der Waals surface area contributed by atoms with Crippen molar-refractivity contribution in [2.45, 2.75) is 18.9 Å². The Balaban J connectivity index is 1.55. The fraction of sp³-hybridized carbons (Fsp3) is 0.538. The number of nitrogens with one attached hydrogen (secondary N) is 1. The molecule has 1 atom stereocenters. The molecule has 1 aliphatic heterocycles. The number of halogens is 1. The van der Waals surface area contributed by atoms with Gasteiger partial charge in [-0.3, -0.25) is 0 Å². The maximum atomic E-state index is 5.58. The fourth-order valence-electron chi connectivity index (χ4n) is 1.83. The Morgan fingerprint density at radius 1 is 1.35 bits per heavy atom. The highest BCUT2D eigenvalue weighted by atomic mass is 79.9. The molecule has 1 saturated heterocycles. The van der Waals surface area contributed by atoms with Gasteiger partial charge in [-0.25, -0.2) is 0 Å². The molecule has 94 valence electrons. The summed E-state index contributed by atoms with van der Waals surface area (Å²) in [6.45, 7) is 1.97. The highest BCUT2D eigenvalue weighted by Gasteiger charge is 2.14. The largest absolute Gasteiger partial charge is 0.384 e. The van der Waals surface area contributed by atoms with Crippen LogP contribution in [0.5, 0.6) is 0 Å². The molecule has 0 radical (unpaired) electrons. The van der Waals surface area contributed by atoms with Gasteiger partial charge in [0.05, 0.1) is 6.10 Å². The molecule has 0 spiro atoms. The monoisotopic (exact) mass is 315 g/mol. The second-order valence-corrected chi connectivity index (χ2v) is 6.21. The van der Waals surface area contributed by atoms with Crippen molar-refractivity contribution in [1.82, 2.24) is 0 Å². The van der Waals surface area contributed by atoms with E-state index in [0.717, 1.165) is 29.1 Å². The van der Waals surface area contributed by atoms with Crippen LogP contribution in [-0.2, 0) is 4.74 Å². The van der Waals surface area contributed by atoms with Gasteiger partial charge in [0.15, 0.2) is 0 Å². The third kappa shape index (κ3) is 4.90. The minimum Gasteiger partial charge on any atom is -0.384 e. The number of hydrogen-bond acceptors (Lipinski definition) is 3. The van der Waals surface area contributed by atoms with Crippen LogP contribution in [0.1, 0.15) is 12.8 Å². The van der Waals surface area contributed by atoms with Gasteiger partial charge < -0.3 is 10.1 Å². The number of hydrogen-bond donors (Lipinski definition) is 1. The number of anilines is 1. The van der Waals surface area contributed by atoms with Crippen molar-refractivity contribution in [3.63, 3.8) is 0 Å². The zero-order valence-electron chi connectivity index (χ0n) is 9.82. The molecule has 17 heavy (non-hydrogen) atoms. The maximum absolute atomic E-state index is 5.58. The molecule has 0 saturated carbocycles. The lowest BCUT2D eigenvalue weighted by Gasteiger charge is -2.09. The summed E-state index contributed by atoms with van der Waals surface area (Å²) >= 11 is 5.41. The molecule has 0 bridgehead atoms. The summed E-state index contributed by atoms with van der Waals surface area (Å²) in [4.78, 5) is 0. The zero-order chi connectivity index (χ0) is 11.9. The highest BCUT2D eigenvalue weighted by molar-refractivity contribution is 9.10. The van der Waals surface area contributed by atoms with Crippen LogP contribution in [0.2, 0.25) is 0 Å². The maximum Gasteiger partial charge on any atom is 0.0666 e. The van der Waals surface area contributed by atoms with Gasteiger partial charge >= 0.3 is 0 Å². The molecular weight excluding hydrogens is 298 g/mol. The van der Waals surface area contributed by atoms with E-state index in [1.807, 2.05) is 11.8 Å². The van der Waals surface area contributed by atoms with Crippen LogP contribution >= 0.6 is 27.7 Å². The van der Waals surface area contributed by atoms with Gasteiger partial charge in [0.2, 0.25) is 0 Å². The van der Waals surface area contributed by atoms with Crippen LogP contribution in [0.4, 0.5) is 5.69 Å². The Kier molecular flexibility index (Phi) is 5.68. The van der Waals surface area contributed by atoms with E-state index < -0.39 is 0 Å². The van der Waals surface area contributed by atoms with E-state index in [1.165, 1.54) is 18.5 Å². The van der Waals surface area contributed by atoms with E-state index in [0.29, 0.717) is 6.10 Å². The Hall–Kier alpha value is -0.190. The van der Waals surface area contributed by atoms with Gasteiger partial charge in [-0.2, -0.15) is 11.8 Å². The third-order valence-corrected chi connectivity index (χ3v) is 4.38. The van der Waals surface area contributed by atoms with E-state index in [9.17, 15) is 0 Å². The predicted octanol–water partition coefficient (Wildman–Crippen LogP) is 3.77. The van der Waals surface area contributed by atoms with Crippen LogP contribution < -0.4 is 5.32 Å². The van der Waals surface area contributed by atoms with Crippen molar-refractivity contribution < 1.29 is 4.74 Å². The molecular formula is C13H18BrNOS. The van der Waals surface area contributed by atoms with Gasteiger partial charge in [0.1, 0.15) is 0 Å². The summed E-state index contributed by atoms with van der Waals surface area (Å²) in [5.74, 6) is 2.28. The van der Waals surface area contributed by atoms with Gasteiger partial charge in [0.25, 0.3) is 0 Å². The summed E-state index contributed by atoms with van der Waals surface area (Å²) in [7, 11) is 0. The van der Waals surface area contributed by atoms with Gasteiger partial charge in [-0.1, -0.05) is 15.9 Å². The molecule has 2 nitrogen and oxygen atoms in total. The summed E-state index contributed by atoms with van der Waals surface area (Å²) in [5.41, 5.74) is 1.19. The van der Waals surface area contributed by atoms with Crippen molar-refractivity contribution in [1.29, 1.82) is 0 Å². The molecule has 1 heterocycles. The first-order valence-corrected chi connectivity index (χ1v) is 7.98. The second-order valence-electron chi connectivity index (χ2n) is 4.14. The van der Waals surface area contributed by atoms with Crippen molar-refractivity contribution >= 4 is 33.4 Å². The molecule has 1 aromatic rings. The zero-order valence-corrected chi connectivity index (χ0v) is 12.2. The molecule has 2 rings (SSSR count). The van der Waals surface area contributed by atoms with Crippen molar-refractivity contribution in [3.8, 4) is 0 Å². The predicted molar refractivity (Wildman–Crippen MR) is 78.9 cm³/mol. The van der Waals surface area contributed by atoms with Crippen molar-refractivity contribution in [3.05, 3.63) is 28.7 Å². The highest BCUT2D eigenvalue weighted by Crippen LogP contribution is 2.17. The summed E-state index contributed by atoms with van der Waals surface area (Å²) < 4.78 is 6.71. The van der Waals surface area contributed by atoms with E-state index in [-0.39, 0.29) is 0 Å². The Morgan fingerprint density at radius 3 is 2.88 bits per heavy atom. The molecule has 1 fully saturated rings. The number of benzene rings is 1. The normalized spacial score (nSPS) is 19.5. The van der Waals surface area contributed by atoms with Gasteiger partial charge in [-0.15, -0.1) is 0 Å². The third-order valence-electron chi connectivity index (χ3n) is 2.75. The summed E-state index contributed by atoms with van der Waals surface area (Å²) in [6, 6.07) is 8.30. The minimum absolute atomic E-state index is 0.507. The van der Waals surface area contributed by atoms with E-state index in [2.05, 4.69) is 45.5 Å². The Morgan fingerprint density at radius 2 is 2.18 bits per heavy atom. The second kappa shape index (κ2) is 7.29. The average Bonchev–Trinajstić information content (AvgIpc) is 2.84. The van der Waals surface area contributed by atoms with Gasteiger partial charge in [0, 0.05) is 34.8 Å². The molecule has 1 aliphatic rings. The Labute approximate surface area is 116 Å². The molecule has 1 aromatic carbocycles. The topological polar surface area (TPSA) is 21.3 Å². The Bertz CT molecular complexity index is 325. The van der Waals surface area contributed by atoms with Crippen LogP contribution in [0.25, 0.3) is 0 Å². The van der Waals surface area contributed by atoms with Crippen LogP contribution in [0.15, 0.2) is 28.7 Å². The molecule has 1 unspecified atom stereocenters. The number of thioether (sulfide) groups is 1. The summed E-state index contributed by atoms with van der Waals surface area (Å²) in [6.07, 6.45) is 2.99. The lowest BCUT2D eigenvalue weighted by Crippen LogP contribution is -2.11. The quantitative estimate of drug-likeness (QED) is 0.807. The van der Waals surface area contributed by atoms with Crippen LogP contribution in [-0.4, -0.2) is 30.8 Å². The SMILES string of the molecule is Brc1ccc(NCCSCC2CCCO2)cc1. The van der Waals surface area contributed by atoms with Crippen molar-refractivity contribution in [2.75, 3.05) is 30.0 Å². The number of ether oxygens (including phenoxy) is 1. The summed E-state index contributed by atoms with van der Waals surface area (Å²) in [5, 5.41) is 3.41. The first kappa shape index (κ1) is 13.2. The lowest BCUT2D eigenvalue weighted by atomic mass is 10.3. The molecule has 0 aromatic heterocycles. The van der Waals surface area contributed by atoms with E-state index >= 15 is 0 Å². The fourth-order valence-corrected chi connectivity index (χ4v) is 3.03. The number of rotatable bonds is 6. The first-order chi connectivity index (χ1) is 8.34. The molecule has 1 N–H and O–H groups in total. The van der Waals surface area contributed by atoms with E-state index in [4.69, 9.17) is 4.74 Å². The molecule has 4 heteroatoms.